The fourth-order valence-corrected chi connectivity index (χ4v) is 6.03. The van der Waals surface area contributed by atoms with Crippen LogP contribution in [0, 0.1) is 6.92 Å². The van der Waals surface area contributed by atoms with Crippen molar-refractivity contribution in [1.82, 2.24) is 14.8 Å². The molecule has 1 saturated carbocycles. The molecule has 2 amide bonds. The van der Waals surface area contributed by atoms with Gasteiger partial charge in [0.15, 0.2) is 5.58 Å². The minimum absolute atomic E-state index is 0.0444. The molecule has 1 aromatic carbocycles. The average molecular weight is 476 g/mol. The summed E-state index contributed by atoms with van der Waals surface area (Å²) in [5.41, 5.74) is 2.45. The number of aryl methyl sites for hydroxylation is 2. The molecule has 0 radical (unpaired) electrons. The van der Waals surface area contributed by atoms with Gasteiger partial charge >= 0.3 is 0 Å². The van der Waals surface area contributed by atoms with Crippen LogP contribution in [-0.4, -0.2) is 38.9 Å². The monoisotopic (exact) mass is 475 g/mol. The molecule has 1 N–H and O–H groups in total. The molecule has 2 atom stereocenters. The summed E-state index contributed by atoms with van der Waals surface area (Å²) in [6.07, 6.45) is 8.43. The third-order valence-corrected chi connectivity index (χ3v) is 7.96. The van der Waals surface area contributed by atoms with Gasteiger partial charge in [-0.25, -0.2) is 0 Å². The van der Waals surface area contributed by atoms with E-state index in [0.29, 0.717) is 17.8 Å². The molecule has 5 rings (SSSR count). The molecule has 2 aromatic heterocycles. The summed E-state index contributed by atoms with van der Waals surface area (Å²) in [4.78, 5) is 29.8. The molecule has 6 heteroatoms. The molecule has 1 aliphatic carbocycles. The molecule has 1 aliphatic heterocycles. The average Bonchev–Trinajstić information content (AvgIpc) is 3.23. The largest absolute Gasteiger partial charge is 0.460 e. The van der Waals surface area contributed by atoms with Crippen LogP contribution >= 0.6 is 0 Å². The van der Waals surface area contributed by atoms with Crippen molar-refractivity contribution in [3.63, 3.8) is 0 Å². The molecular weight excluding hydrogens is 438 g/mol. The van der Waals surface area contributed by atoms with E-state index in [1.165, 1.54) is 18.4 Å². The maximum absolute atomic E-state index is 14.0. The Kier molecular flexibility index (Phi) is 6.47. The second kappa shape index (κ2) is 9.56. The van der Waals surface area contributed by atoms with Gasteiger partial charge in [-0.2, -0.15) is 0 Å². The smallest absolute Gasteiger partial charge is 0.271 e. The van der Waals surface area contributed by atoms with Crippen LogP contribution in [0.1, 0.15) is 80.6 Å². The molecule has 2 aliphatic rings. The fraction of sp³-hybridized carbons (Fsp3) is 0.517. The van der Waals surface area contributed by atoms with Crippen LogP contribution in [-0.2, 0) is 17.8 Å². The third-order valence-electron chi connectivity index (χ3n) is 7.96. The Labute approximate surface area is 207 Å². The lowest BCUT2D eigenvalue weighted by molar-refractivity contribution is -0.135. The van der Waals surface area contributed by atoms with Crippen molar-refractivity contribution in [3.05, 3.63) is 59.5 Å². The Balaban J connectivity index is 1.47. The number of fused-ring (bicyclic) bond motifs is 3. The van der Waals surface area contributed by atoms with Gasteiger partial charge in [0.2, 0.25) is 5.91 Å². The molecule has 3 heterocycles. The first-order chi connectivity index (χ1) is 16.9. The summed E-state index contributed by atoms with van der Waals surface area (Å²) >= 11 is 0. The molecule has 186 valence electrons. The molecule has 0 bridgehead atoms. The minimum Gasteiger partial charge on any atom is -0.460 e. The fourth-order valence-electron chi connectivity index (χ4n) is 6.03. The molecule has 35 heavy (non-hydrogen) atoms. The number of amides is 2. The SMILES string of the molecule is Cc1cc2c(cc3n2CC(C)(C(=O)NC2CCCCCC2)N(C(C)CCc2ccccc2)C3=O)o1. The van der Waals surface area contributed by atoms with Crippen molar-refractivity contribution in [2.24, 2.45) is 0 Å². The summed E-state index contributed by atoms with van der Waals surface area (Å²) < 4.78 is 7.83. The van der Waals surface area contributed by atoms with Crippen LogP contribution in [0.2, 0.25) is 0 Å². The number of aromatic nitrogens is 1. The summed E-state index contributed by atoms with van der Waals surface area (Å²) in [6, 6.07) is 14.2. The van der Waals surface area contributed by atoms with Crippen molar-refractivity contribution in [3.8, 4) is 0 Å². The van der Waals surface area contributed by atoms with Crippen LogP contribution in [0.4, 0.5) is 0 Å². The lowest BCUT2D eigenvalue weighted by Gasteiger charge is -2.47. The number of rotatable bonds is 6. The molecule has 6 nitrogen and oxygen atoms in total. The van der Waals surface area contributed by atoms with Gasteiger partial charge in [0, 0.05) is 24.2 Å². The zero-order chi connectivity index (χ0) is 24.6. The summed E-state index contributed by atoms with van der Waals surface area (Å²) in [7, 11) is 0. The van der Waals surface area contributed by atoms with Crippen molar-refractivity contribution < 1.29 is 14.0 Å². The maximum atomic E-state index is 14.0. The number of furan rings is 1. The van der Waals surface area contributed by atoms with Crippen LogP contribution < -0.4 is 5.32 Å². The van der Waals surface area contributed by atoms with Gasteiger partial charge < -0.3 is 19.2 Å². The minimum atomic E-state index is -0.983. The van der Waals surface area contributed by atoms with Crippen LogP contribution in [0.25, 0.3) is 11.1 Å². The Hall–Kier alpha value is -3.02. The number of nitrogens with one attached hydrogen (secondary N) is 1. The molecule has 1 fully saturated rings. The highest BCUT2D eigenvalue weighted by atomic mass is 16.3. The van der Waals surface area contributed by atoms with Gasteiger partial charge in [0.05, 0.1) is 12.1 Å². The standard InChI is InChI=1S/C29H37N3O3/c1-20(15-16-22-11-7-6-8-12-22)32-27(33)25-18-26-24(17-21(2)35-26)31(25)19-29(32,3)28(34)30-23-13-9-4-5-10-14-23/h6-8,11-12,17-18,20,23H,4-5,9-10,13-16,19H2,1-3H3,(H,30,34). The van der Waals surface area contributed by atoms with E-state index in [9.17, 15) is 9.59 Å². The normalized spacial score (nSPS) is 22.1. The third kappa shape index (κ3) is 4.51. The maximum Gasteiger partial charge on any atom is 0.271 e. The highest BCUT2D eigenvalue weighted by Gasteiger charge is 2.50. The number of hydrogen-bond donors (Lipinski definition) is 1. The van der Waals surface area contributed by atoms with Crippen molar-refractivity contribution in [2.45, 2.75) is 96.3 Å². The second-order valence-corrected chi connectivity index (χ2v) is 10.7. The zero-order valence-corrected chi connectivity index (χ0v) is 21.2. The Morgan fingerprint density at radius 2 is 1.86 bits per heavy atom. The van der Waals surface area contributed by atoms with Gasteiger partial charge in [0.25, 0.3) is 5.91 Å². The van der Waals surface area contributed by atoms with Crippen molar-refractivity contribution >= 4 is 22.9 Å². The van der Waals surface area contributed by atoms with E-state index in [-0.39, 0.29) is 23.9 Å². The lowest BCUT2D eigenvalue weighted by Crippen LogP contribution is -2.67. The van der Waals surface area contributed by atoms with E-state index in [2.05, 4.69) is 24.4 Å². The number of benzene rings is 1. The quantitative estimate of drug-likeness (QED) is 0.471. The first-order valence-corrected chi connectivity index (χ1v) is 13.1. The van der Waals surface area contributed by atoms with Gasteiger partial charge in [-0.05, 0) is 52.0 Å². The van der Waals surface area contributed by atoms with Crippen LogP contribution in [0.3, 0.4) is 0 Å². The molecule has 2 unspecified atom stereocenters. The van der Waals surface area contributed by atoms with Gasteiger partial charge in [0.1, 0.15) is 17.0 Å². The first-order valence-electron chi connectivity index (χ1n) is 13.1. The molecule has 0 saturated heterocycles. The zero-order valence-electron chi connectivity index (χ0n) is 21.2. The van der Waals surface area contributed by atoms with E-state index < -0.39 is 5.54 Å². The van der Waals surface area contributed by atoms with Gasteiger partial charge in [-0.3, -0.25) is 9.59 Å². The van der Waals surface area contributed by atoms with E-state index in [1.807, 2.05) is 53.6 Å². The van der Waals surface area contributed by atoms with E-state index in [0.717, 1.165) is 49.8 Å². The van der Waals surface area contributed by atoms with Gasteiger partial charge in [-0.1, -0.05) is 56.0 Å². The summed E-state index contributed by atoms with van der Waals surface area (Å²) in [5, 5.41) is 3.35. The summed E-state index contributed by atoms with van der Waals surface area (Å²) in [5.74, 6) is 0.664. The molecular formula is C29H37N3O3. The highest BCUT2D eigenvalue weighted by molar-refractivity contribution is 6.03. The second-order valence-electron chi connectivity index (χ2n) is 10.7. The van der Waals surface area contributed by atoms with Crippen LogP contribution in [0.15, 0.2) is 46.9 Å². The number of hydrogen-bond acceptors (Lipinski definition) is 3. The number of nitrogens with zero attached hydrogens (tertiary/aromatic N) is 2. The van der Waals surface area contributed by atoms with E-state index in [4.69, 9.17) is 4.42 Å². The first kappa shape index (κ1) is 23.7. The Bertz CT molecular complexity index is 1200. The van der Waals surface area contributed by atoms with Crippen molar-refractivity contribution in [1.29, 1.82) is 0 Å². The van der Waals surface area contributed by atoms with E-state index >= 15 is 0 Å². The number of carbonyl (C=O) groups excluding carboxylic acids is 2. The molecule has 0 spiro atoms. The highest BCUT2D eigenvalue weighted by Crippen LogP contribution is 2.36. The van der Waals surface area contributed by atoms with Gasteiger partial charge in [-0.15, -0.1) is 0 Å². The number of carbonyl (C=O) groups is 2. The van der Waals surface area contributed by atoms with Crippen molar-refractivity contribution in [2.75, 3.05) is 0 Å². The van der Waals surface area contributed by atoms with E-state index in [1.54, 1.807) is 0 Å². The molecule has 3 aromatic rings. The Morgan fingerprint density at radius 3 is 2.57 bits per heavy atom. The predicted octanol–water partition coefficient (Wildman–Crippen LogP) is 5.62. The summed E-state index contributed by atoms with van der Waals surface area (Å²) in [6.45, 7) is 6.35. The topological polar surface area (TPSA) is 67.5 Å². The van der Waals surface area contributed by atoms with Crippen LogP contribution in [0.5, 0.6) is 0 Å². The Morgan fingerprint density at radius 1 is 1.14 bits per heavy atom. The lowest BCUT2D eigenvalue weighted by atomic mass is 9.90. The predicted molar refractivity (Wildman–Crippen MR) is 137 cm³/mol.